The number of amides is 1. The van der Waals surface area contributed by atoms with E-state index in [9.17, 15) is 4.79 Å². The molecule has 0 aliphatic heterocycles. The number of carbonyl (C=O) groups excluding carboxylic acids is 1. The number of thiazole rings is 1. The number of hydrogen-bond donors (Lipinski definition) is 1. The Hall–Kier alpha value is -2.41. The average Bonchev–Trinajstić information content (AvgIpc) is 3.13. The van der Waals surface area contributed by atoms with Gasteiger partial charge in [0.2, 0.25) is 0 Å². The summed E-state index contributed by atoms with van der Waals surface area (Å²) >= 11 is 1.45. The van der Waals surface area contributed by atoms with Crippen molar-refractivity contribution in [3.8, 4) is 5.75 Å². The van der Waals surface area contributed by atoms with E-state index in [2.05, 4.69) is 15.0 Å². The van der Waals surface area contributed by atoms with Crippen LogP contribution in [0.5, 0.6) is 5.75 Å². The van der Waals surface area contributed by atoms with Gasteiger partial charge in [-0.2, -0.15) is 0 Å². The third kappa shape index (κ3) is 3.66. The van der Waals surface area contributed by atoms with E-state index in [0.29, 0.717) is 24.6 Å². The van der Waals surface area contributed by atoms with Crippen LogP contribution in [0.2, 0.25) is 0 Å². The molecule has 0 atom stereocenters. The highest BCUT2D eigenvalue weighted by molar-refractivity contribution is 7.07. The van der Waals surface area contributed by atoms with E-state index in [1.807, 2.05) is 28.5 Å². The molecule has 0 radical (unpaired) electrons. The van der Waals surface area contributed by atoms with Crippen LogP contribution in [0.3, 0.4) is 0 Å². The second-order valence-electron chi connectivity index (χ2n) is 6.38. The van der Waals surface area contributed by atoms with Gasteiger partial charge in [0.25, 0.3) is 5.91 Å². The van der Waals surface area contributed by atoms with Gasteiger partial charge in [-0.1, -0.05) is 0 Å². The minimum atomic E-state index is 0.0194. The standard InChI is InChI=1S/C18H20N4O2S/c1-24-13-4-5-14-15(8-13)21-17(20-14)6-7-22(9-12-2-3-12)18(23)16-10-25-11-19-16/h4-5,8,10-12H,2-3,6-7,9H2,1H3,(H,20,21). The van der Waals surface area contributed by atoms with Crippen LogP contribution in [-0.2, 0) is 6.42 Å². The monoisotopic (exact) mass is 356 g/mol. The molecule has 1 aromatic carbocycles. The zero-order chi connectivity index (χ0) is 17.2. The molecule has 1 aliphatic carbocycles. The summed E-state index contributed by atoms with van der Waals surface area (Å²) in [5.74, 6) is 2.35. The molecule has 1 saturated carbocycles. The van der Waals surface area contributed by atoms with Gasteiger partial charge >= 0.3 is 0 Å². The van der Waals surface area contributed by atoms with Crippen molar-refractivity contribution in [2.24, 2.45) is 5.92 Å². The lowest BCUT2D eigenvalue weighted by molar-refractivity contribution is 0.0744. The van der Waals surface area contributed by atoms with Crippen molar-refractivity contribution < 1.29 is 9.53 Å². The fraction of sp³-hybridized carbons (Fsp3) is 0.389. The van der Waals surface area contributed by atoms with Crippen LogP contribution in [0.4, 0.5) is 0 Å². The number of hydrogen-bond acceptors (Lipinski definition) is 5. The number of H-pyrrole nitrogens is 1. The van der Waals surface area contributed by atoms with Gasteiger partial charge < -0.3 is 14.6 Å². The highest BCUT2D eigenvalue weighted by Gasteiger charge is 2.28. The molecule has 0 bridgehead atoms. The number of methoxy groups -OCH3 is 1. The summed E-state index contributed by atoms with van der Waals surface area (Å²) in [6.07, 6.45) is 3.12. The van der Waals surface area contributed by atoms with Gasteiger partial charge in [-0.25, -0.2) is 9.97 Å². The number of imidazole rings is 1. The maximum atomic E-state index is 12.7. The molecule has 1 amide bonds. The number of nitrogens with one attached hydrogen (secondary N) is 1. The van der Waals surface area contributed by atoms with Gasteiger partial charge in [0.15, 0.2) is 0 Å². The normalized spacial score (nSPS) is 14.0. The van der Waals surface area contributed by atoms with Crippen molar-refractivity contribution in [2.75, 3.05) is 20.2 Å². The first kappa shape index (κ1) is 16.1. The number of aromatic amines is 1. The van der Waals surface area contributed by atoms with Crippen LogP contribution in [0, 0.1) is 5.92 Å². The summed E-state index contributed by atoms with van der Waals surface area (Å²) in [4.78, 5) is 26.7. The van der Waals surface area contributed by atoms with Crippen LogP contribution in [-0.4, -0.2) is 46.0 Å². The van der Waals surface area contributed by atoms with Crippen LogP contribution >= 0.6 is 11.3 Å². The lowest BCUT2D eigenvalue weighted by Crippen LogP contribution is -2.35. The summed E-state index contributed by atoms with van der Waals surface area (Å²) in [5, 5.41) is 1.82. The molecule has 6 nitrogen and oxygen atoms in total. The van der Waals surface area contributed by atoms with Crippen LogP contribution in [0.1, 0.15) is 29.2 Å². The largest absolute Gasteiger partial charge is 0.497 e. The minimum absolute atomic E-state index is 0.0194. The highest BCUT2D eigenvalue weighted by atomic mass is 32.1. The van der Waals surface area contributed by atoms with Crippen molar-refractivity contribution in [2.45, 2.75) is 19.3 Å². The number of rotatable bonds is 7. The van der Waals surface area contributed by atoms with Gasteiger partial charge in [0.05, 0.1) is 23.7 Å². The number of nitrogens with zero attached hydrogens (tertiary/aromatic N) is 3. The molecule has 2 aromatic heterocycles. The highest BCUT2D eigenvalue weighted by Crippen LogP contribution is 2.30. The SMILES string of the molecule is COc1ccc2nc(CCN(CC3CC3)C(=O)c3cscn3)[nH]c2c1. The second-order valence-corrected chi connectivity index (χ2v) is 7.10. The third-order valence-electron chi connectivity index (χ3n) is 4.47. The molecule has 1 fully saturated rings. The van der Waals surface area contributed by atoms with Crippen molar-refractivity contribution in [3.05, 3.63) is 40.6 Å². The molecule has 2 heterocycles. The van der Waals surface area contributed by atoms with E-state index in [1.165, 1.54) is 24.2 Å². The second kappa shape index (κ2) is 6.84. The third-order valence-corrected chi connectivity index (χ3v) is 5.06. The molecule has 0 unspecified atom stereocenters. The molecule has 0 saturated heterocycles. The van der Waals surface area contributed by atoms with Gasteiger partial charge in [-0.3, -0.25) is 4.79 Å². The maximum Gasteiger partial charge on any atom is 0.273 e. The molecule has 25 heavy (non-hydrogen) atoms. The summed E-state index contributed by atoms with van der Waals surface area (Å²) in [5.41, 5.74) is 4.11. The maximum absolute atomic E-state index is 12.7. The van der Waals surface area contributed by atoms with Crippen molar-refractivity contribution in [3.63, 3.8) is 0 Å². The van der Waals surface area contributed by atoms with Gasteiger partial charge in [0, 0.05) is 31.0 Å². The number of ether oxygens (including phenoxy) is 1. The van der Waals surface area contributed by atoms with Crippen molar-refractivity contribution >= 4 is 28.3 Å². The Balaban J connectivity index is 1.47. The topological polar surface area (TPSA) is 71.1 Å². The van der Waals surface area contributed by atoms with E-state index < -0.39 is 0 Å². The Morgan fingerprint density at radius 1 is 1.44 bits per heavy atom. The summed E-state index contributed by atoms with van der Waals surface area (Å²) in [6.45, 7) is 1.45. The van der Waals surface area contributed by atoms with Crippen LogP contribution in [0.15, 0.2) is 29.1 Å². The summed E-state index contributed by atoms with van der Waals surface area (Å²) in [7, 11) is 1.65. The molecular formula is C18H20N4O2S. The van der Waals surface area contributed by atoms with Gasteiger partial charge in [-0.15, -0.1) is 11.3 Å². The van der Waals surface area contributed by atoms with Gasteiger partial charge in [0.1, 0.15) is 17.3 Å². The Morgan fingerprint density at radius 2 is 2.32 bits per heavy atom. The molecule has 7 heteroatoms. The van der Waals surface area contributed by atoms with E-state index >= 15 is 0 Å². The molecule has 130 valence electrons. The van der Waals surface area contributed by atoms with E-state index in [1.54, 1.807) is 12.6 Å². The smallest absolute Gasteiger partial charge is 0.273 e. The Bertz CT molecular complexity index is 870. The lowest BCUT2D eigenvalue weighted by Gasteiger charge is -2.21. The molecule has 1 aliphatic rings. The fourth-order valence-electron chi connectivity index (χ4n) is 2.90. The average molecular weight is 356 g/mol. The zero-order valence-electron chi connectivity index (χ0n) is 14.1. The number of benzene rings is 1. The first-order valence-electron chi connectivity index (χ1n) is 8.43. The Morgan fingerprint density at radius 3 is 3.04 bits per heavy atom. The molecular weight excluding hydrogens is 336 g/mol. The summed E-state index contributed by atoms with van der Waals surface area (Å²) in [6, 6.07) is 5.78. The first-order valence-corrected chi connectivity index (χ1v) is 9.37. The van der Waals surface area contributed by atoms with Crippen molar-refractivity contribution in [1.29, 1.82) is 0 Å². The van der Waals surface area contributed by atoms with Crippen molar-refractivity contribution in [1.82, 2.24) is 19.9 Å². The van der Waals surface area contributed by atoms with E-state index in [-0.39, 0.29) is 5.91 Å². The predicted molar refractivity (Wildman–Crippen MR) is 97.1 cm³/mol. The lowest BCUT2D eigenvalue weighted by atomic mass is 10.3. The zero-order valence-corrected chi connectivity index (χ0v) is 14.9. The van der Waals surface area contributed by atoms with Gasteiger partial charge in [-0.05, 0) is 30.9 Å². The minimum Gasteiger partial charge on any atom is -0.497 e. The van der Waals surface area contributed by atoms with E-state index in [0.717, 1.165) is 29.2 Å². The predicted octanol–water partition coefficient (Wildman–Crippen LogP) is 3.12. The number of carbonyl (C=O) groups is 1. The molecule has 0 spiro atoms. The van der Waals surface area contributed by atoms with Crippen LogP contribution in [0.25, 0.3) is 11.0 Å². The fourth-order valence-corrected chi connectivity index (χ4v) is 3.42. The quantitative estimate of drug-likeness (QED) is 0.706. The molecule has 3 aromatic rings. The number of fused-ring (bicyclic) bond motifs is 1. The Labute approximate surface area is 149 Å². The van der Waals surface area contributed by atoms with Crippen LogP contribution < -0.4 is 4.74 Å². The Kier molecular flexibility index (Phi) is 4.40. The van der Waals surface area contributed by atoms with E-state index in [4.69, 9.17) is 4.74 Å². The summed E-state index contributed by atoms with van der Waals surface area (Å²) < 4.78 is 5.25. The first-order chi connectivity index (χ1) is 12.2. The molecule has 1 N–H and O–H groups in total. The molecule has 4 rings (SSSR count). The number of aromatic nitrogens is 3.